The Morgan fingerprint density at radius 1 is 1.21 bits per heavy atom. The van der Waals surface area contributed by atoms with E-state index in [1.54, 1.807) is 12.1 Å². The molecule has 4 heteroatoms. The summed E-state index contributed by atoms with van der Waals surface area (Å²) in [6.07, 6.45) is 3.22. The van der Waals surface area contributed by atoms with Crippen molar-refractivity contribution in [2.75, 3.05) is 26.3 Å². The van der Waals surface area contributed by atoms with Crippen LogP contribution in [0, 0.1) is 11.7 Å². The average molecular weight is 265 g/mol. The second-order valence-electron chi connectivity index (χ2n) is 5.41. The monoisotopic (exact) mass is 265 g/mol. The Hall–Kier alpha value is -1.13. The predicted octanol–water partition coefficient (Wildman–Crippen LogP) is 2.15. The van der Waals surface area contributed by atoms with E-state index in [1.165, 1.54) is 6.07 Å². The van der Waals surface area contributed by atoms with Crippen LogP contribution in [0.4, 0.5) is 4.39 Å². The van der Waals surface area contributed by atoms with Crippen molar-refractivity contribution in [1.29, 1.82) is 0 Å². The summed E-state index contributed by atoms with van der Waals surface area (Å²) >= 11 is 0. The SMILES string of the molecule is Fc1ccc2c(c1)CC(CNCC1CCOCC1)O2. The molecule has 2 aliphatic heterocycles. The molecule has 2 aliphatic rings. The highest BCUT2D eigenvalue weighted by Crippen LogP contribution is 2.28. The van der Waals surface area contributed by atoms with Gasteiger partial charge in [-0.3, -0.25) is 0 Å². The maximum absolute atomic E-state index is 13.1. The quantitative estimate of drug-likeness (QED) is 0.905. The van der Waals surface area contributed by atoms with Gasteiger partial charge in [-0.25, -0.2) is 4.39 Å². The van der Waals surface area contributed by atoms with Gasteiger partial charge in [-0.1, -0.05) is 0 Å². The van der Waals surface area contributed by atoms with Gasteiger partial charge in [0.25, 0.3) is 0 Å². The topological polar surface area (TPSA) is 30.5 Å². The smallest absolute Gasteiger partial charge is 0.123 e. The van der Waals surface area contributed by atoms with Crippen molar-refractivity contribution >= 4 is 0 Å². The summed E-state index contributed by atoms with van der Waals surface area (Å²) in [6, 6.07) is 4.76. The summed E-state index contributed by atoms with van der Waals surface area (Å²) in [7, 11) is 0. The van der Waals surface area contributed by atoms with Crippen LogP contribution in [0.5, 0.6) is 5.75 Å². The number of ether oxygens (including phenoxy) is 2. The Bertz CT molecular complexity index is 432. The molecule has 0 saturated carbocycles. The molecule has 3 nitrogen and oxygen atoms in total. The Morgan fingerprint density at radius 2 is 2.05 bits per heavy atom. The Labute approximate surface area is 113 Å². The summed E-state index contributed by atoms with van der Waals surface area (Å²) in [5.74, 6) is 1.37. The van der Waals surface area contributed by atoms with E-state index < -0.39 is 0 Å². The predicted molar refractivity (Wildman–Crippen MR) is 70.9 cm³/mol. The third-order valence-corrected chi connectivity index (χ3v) is 3.91. The van der Waals surface area contributed by atoms with E-state index >= 15 is 0 Å². The van der Waals surface area contributed by atoms with Crippen LogP contribution in [-0.4, -0.2) is 32.4 Å². The van der Waals surface area contributed by atoms with Crippen LogP contribution in [-0.2, 0) is 11.2 Å². The number of nitrogens with one attached hydrogen (secondary N) is 1. The van der Waals surface area contributed by atoms with Crippen LogP contribution in [0.2, 0.25) is 0 Å². The zero-order valence-corrected chi connectivity index (χ0v) is 11.0. The summed E-state index contributed by atoms with van der Waals surface area (Å²) in [6.45, 7) is 3.62. The minimum atomic E-state index is -0.182. The Kier molecular flexibility index (Phi) is 3.99. The van der Waals surface area contributed by atoms with Crippen LogP contribution in [0.25, 0.3) is 0 Å². The molecule has 1 N–H and O–H groups in total. The van der Waals surface area contributed by atoms with Gasteiger partial charge in [0.15, 0.2) is 0 Å². The molecule has 2 heterocycles. The minimum absolute atomic E-state index is 0.136. The molecule has 104 valence electrons. The molecule has 1 unspecified atom stereocenters. The zero-order chi connectivity index (χ0) is 13.1. The fourth-order valence-corrected chi connectivity index (χ4v) is 2.80. The van der Waals surface area contributed by atoms with Gasteiger partial charge >= 0.3 is 0 Å². The molecular weight excluding hydrogens is 245 g/mol. The van der Waals surface area contributed by atoms with E-state index in [4.69, 9.17) is 9.47 Å². The molecule has 3 rings (SSSR count). The zero-order valence-electron chi connectivity index (χ0n) is 11.0. The van der Waals surface area contributed by atoms with Crippen LogP contribution in [0.1, 0.15) is 18.4 Å². The maximum atomic E-state index is 13.1. The van der Waals surface area contributed by atoms with Crippen LogP contribution >= 0.6 is 0 Å². The third kappa shape index (κ3) is 3.25. The van der Waals surface area contributed by atoms with Crippen molar-refractivity contribution in [3.05, 3.63) is 29.6 Å². The maximum Gasteiger partial charge on any atom is 0.123 e. The lowest BCUT2D eigenvalue weighted by molar-refractivity contribution is 0.0655. The first kappa shape index (κ1) is 12.9. The lowest BCUT2D eigenvalue weighted by Crippen LogP contribution is -2.35. The second kappa shape index (κ2) is 5.88. The largest absolute Gasteiger partial charge is 0.488 e. The Balaban J connectivity index is 1.43. The van der Waals surface area contributed by atoms with E-state index in [0.717, 1.165) is 62.8 Å². The molecule has 0 radical (unpaired) electrons. The molecule has 1 aromatic carbocycles. The summed E-state index contributed by atoms with van der Waals surface area (Å²) in [4.78, 5) is 0. The number of rotatable bonds is 4. The van der Waals surface area contributed by atoms with Crippen LogP contribution in [0.15, 0.2) is 18.2 Å². The molecule has 1 saturated heterocycles. The first-order chi connectivity index (χ1) is 9.31. The third-order valence-electron chi connectivity index (χ3n) is 3.91. The van der Waals surface area contributed by atoms with Gasteiger partial charge in [0.1, 0.15) is 17.7 Å². The van der Waals surface area contributed by atoms with Gasteiger partial charge in [-0.2, -0.15) is 0 Å². The van der Waals surface area contributed by atoms with Gasteiger partial charge in [0.05, 0.1) is 0 Å². The van der Waals surface area contributed by atoms with E-state index in [2.05, 4.69) is 5.32 Å². The highest BCUT2D eigenvalue weighted by Gasteiger charge is 2.23. The van der Waals surface area contributed by atoms with E-state index in [1.807, 2.05) is 0 Å². The fourth-order valence-electron chi connectivity index (χ4n) is 2.80. The molecule has 0 spiro atoms. The number of hydrogen-bond acceptors (Lipinski definition) is 3. The van der Waals surface area contributed by atoms with E-state index in [9.17, 15) is 4.39 Å². The minimum Gasteiger partial charge on any atom is -0.488 e. The molecular formula is C15H20FNO2. The second-order valence-corrected chi connectivity index (χ2v) is 5.41. The van der Waals surface area contributed by atoms with E-state index in [0.29, 0.717) is 0 Å². The molecule has 1 atom stereocenters. The molecule has 0 aliphatic carbocycles. The van der Waals surface area contributed by atoms with Crippen molar-refractivity contribution < 1.29 is 13.9 Å². The van der Waals surface area contributed by atoms with Crippen molar-refractivity contribution in [1.82, 2.24) is 5.32 Å². The summed E-state index contributed by atoms with van der Waals surface area (Å²) in [5, 5.41) is 3.47. The average Bonchev–Trinajstić information content (AvgIpc) is 2.82. The van der Waals surface area contributed by atoms with Gasteiger partial charge in [-0.05, 0) is 43.5 Å². The van der Waals surface area contributed by atoms with E-state index in [-0.39, 0.29) is 11.9 Å². The highest BCUT2D eigenvalue weighted by atomic mass is 19.1. The van der Waals surface area contributed by atoms with Crippen molar-refractivity contribution in [2.24, 2.45) is 5.92 Å². The van der Waals surface area contributed by atoms with Gasteiger partial charge < -0.3 is 14.8 Å². The number of halogens is 1. The molecule has 19 heavy (non-hydrogen) atoms. The van der Waals surface area contributed by atoms with Crippen molar-refractivity contribution in [3.63, 3.8) is 0 Å². The van der Waals surface area contributed by atoms with Crippen LogP contribution in [0.3, 0.4) is 0 Å². The van der Waals surface area contributed by atoms with Gasteiger partial charge in [-0.15, -0.1) is 0 Å². The standard InChI is InChI=1S/C15H20FNO2/c16-13-1-2-15-12(7-13)8-14(19-15)10-17-9-11-3-5-18-6-4-11/h1-2,7,11,14,17H,3-6,8-10H2. The molecule has 0 aromatic heterocycles. The molecule has 0 amide bonds. The van der Waals surface area contributed by atoms with Gasteiger partial charge in [0, 0.05) is 31.7 Å². The van der Waals surface area contributed by atoms with Crippen LogP contribution < -0.4 is 10.1 Å². The molecule has 1 fully saturated rings. The first-order valence-corrected chi connectivity index (χ1v) is 7.05. The highest BCUT2D eigenvalue weighted by molar-refractivity contribution is 5.37. The number of hydrogen-bond donors (Lipinski definition) is 1. The molecule has 0 bridgehead atoms. The van der Waals surface area contributed by atoms with Gasteiger partial charge in [0.2, 0.25) is 0 Å². The summed E-state index contributed by atoms with van der Waals surface area (Å²) < 4.78 is 24.2. The fraction of sp³-hybridized carbons (Fsp3) is 0.600. The molecule has 1 aromatic rings. The lowest BCUT2D eigenvalue weighted by Gasteiger charge is -2.23. The number of benzene rings is 1. The first-order valence-electron chi connectivity index (χ1n) is 7.05. The van der Waals surface area contributed by atoms with Crippen molar-refractivity contribution in [2.45, 2.75) is 25.4 Å². The lowest BCUT2D eigenvalue weighted by atomic mass is 10.0. The number of fused-ring (bicyclic) bond motifs is 1. The van der Waals surface area contributed by atoms with Crippen molar-refractivity contribution in [3.8, 4) is 5.75 Å². The normalized spacial score (nSPS) is 23.1. The summed E-state index contributed by atoms with van der Waals surface area (Å²) in [5.41, 5.74) is 0.984. The Morgan fingerprint density at radius 3 is 2.89 bits per heavy atom.